The second kappa shape index (κ2) is 4.19. The van der Waals surface area contributed by atoms with Gasteiger partial charge in [-0.1, -0.05) is 0 Å². The number of hydrogen-bond donors (Lipinski definition) is 2. The van der Waals surface area contributed by atoms with Crippen LogP contribution in [0.5, 0.6) is 11.5 Å². The summed E-state index contributed by atoms with van der Waals surface area (Å²) < 4.78 is 29.4. The number of aromatic hydroxyl groups is 1. The molecule has 14 heavy (non-hydrogen) atoms. The zero-order chi connectivity index (χ0) is 10.7. The molecule has 1 rings (SSSR count). The monoisotopic (exact) mass is 205 g/mol. The summed E-state index contributed by atoms with van der Waals surface area (Å²) in [6.07, 6.45) is -1.95. The number of rotatable bonds is 3. The Hall–Kier alpha value is -1.43. The summed E-state index contributed by atoms with van der Waals surface area (Å²) in [6, 6.07) is 0. The molecule has 1 aromatic heterocycles. The Labute approximate surface area is 78.8 Å². The Bertz CT molecular complexity index is 331. The fraction of sp³-hybridized carbons (Fsp3) is 0.375. The lowest BCUT2D eigenvalue weighted by Gasteiger charge is -2.11. The van der Waals surface area contributed by atoms with E-state index in [9.17, 15) is 13.9 Å². The molecule has 0 unspecified atom stereocenters. The molecule has 0 saturated carbocycles. The first-order valence-corrected chi connectivity index (χ1v) is 3.75. The van der Waals surface area contributed by atoms with Crippen molar-refractivity contribution in [2.24, 2.45) is 0 Å². The van der Waals surface area contributed by atoms with Gasteiger partial charge in [-0.3, -0.25) is 0 Å². The van der Waals surface area contributed by atoms with Gasteiger partial charge in [0.25, 0.3) is 6.43 Å². The van der Waals surface area contributed by atoms with Crippen LogP contribution in [0, 0.1) is 0 Å². The Morgan fingerprint density at radius 3 is 2.64 bits per heavy atom. The smallest absolute Gasteiger partial charge is 0.284 e. The van der Waals surface area contributed by atoms with Gasteiger partial charge in [0.2, 0.25) is 0 Å². The average Bonchev–Trinajstić information content (AvgIpc) is 2.16. The molecule has 0 aromatic carbocycles. The van der Waals surface area contributed by atoms with Crippen LogP contribution in [0.15, 0.2) is 6.20 Å². The van der Waals surface area contributed by atoms with Crippen molar-refractivity contribution in [3.63, 3.8) is 0 Å². The number of aromatic nitrogens is 1. The van der Waals surface area contributed by atoms with E-state index in [0.717, 1.165) is 6.20 Å². The minimum absolute atomic E-state index is 0.0854. The second-order valence-electron chi connectivity index (χ2n) is 2.50. The normalized spacial score (nSPS) is 10.6. The highest BCUT2D eigenvalue weighted by Crippen LogP contribution is 2.34. The molecule has 0 bridgehead atoms. The van der Waals surface area contributed by atoms with Gasteiger partial charge in [-0.25, -0.2) is 13.8 Å². The predicted octanol–water partition coefficient (Wildman–Crippen LogP) is 1.23. The molecule has 4 nitrogen and oxygen atoms in total. The van der Waals surface area contributed by atoms with Gasteiger partial charge in [0.05, 0.1) is 25.5 Å². The van der Waals surface area contributed by atoms with Gasteiger partial charge in [0.15, 0.2) is 5.75 Å². The van der Waals surface area contributed by atoms with E-state index in [-0.39, 0.29) is 17.1 Å². The molecule has 0 aliphatic carbocycles. The maximum Gasteiger partial charge on any atom is 0.284 e. The molecule has 2 N–H and O–H groups in total. The Morgan fingerprint density at radius 1 is 1.57 bits per heavy atom. The van der Waals surface area contributed by atoms with Crippen LogP contribution in [0.4, 0.5) is 8.78 Å². The number of ether oxygens (including phenoxy) is 1. The van der Waals surface area contributed by atoms with Crippen molar-refractivity contribution in [1.82, 2.24) is 4.98 Å². The van der Waals surface area contributed by atoms with Crippen molar-refractivity contribution in [3.8, 4) is 11.5 Å². The zero-order valence-corrected chi connectivity index (χ0v) is 7.37. The van der Waals surface area contributed by atoms with Crippen LogP contribution >= 0.6 is 0 Å². The number of aliphatic hydroxyl groups excluding tert-OH is 1. The van der Waals surface area contributed by atoms with Crippen LogP contribution in [-0.2, 0) is 6.61 Å². The molecule has 0 fully saturated rings. The van der Waals surface area contributed by atoms with Gasteiger partial charge >= 0.3 is 0 Å². The number of methoxy groups -OCH3 is 1. The molecule has 0 aliphatic rings. The zero-order valence-electron chi connectivity index (χ0n) is 7.37. The van der Waals surface area contributed by atoms with Crippen LogP contribution < -0.4 is 4.74 Å². The molecule has 1 aromatic rings. The van der Waals surface area contributed by atoms with Crippen LogP contribution in [0.1, 0.15) is 17.7 Å². The van der Waals surface area contributed by atoms with E-state index in [0.29, 0.717) is 0 Å². The largest absolute Gasteiger partial charge is 0.506 e. The number of aliphatic hydroxyl groups is 1. The molecule has 0 saturated heterocycles. The van der Waals surface area contributed by atoms with E-state index in [1.54, 1.807) is 0 Å². The number of nitrogens with zero attached hydrogens (tertiary/aromatic N) is 1. The highest BCUT2D eigenvalue weighted by molar-refractivity contribution is 5.45. The molecule has 0 atom stereocenters. The number of hydrogen-bond acceptors (Lipinski definition) is 4. The maximum absolute atomic E-state index is 12.4. The lowest BCUT2D eigenvalue weighted by atomic mass is 10.2. The fourth-order valence-electron chi connectivity index (χ4n) is 1.07. The van der Waals surface area contributed by atoms with E-state index in [4.69, 9.17) is 5.11 Å². The molecule has 0 radical (unpaired) electrons. The van der Waals surface area contributed by atoms with Crippen LogP contribution in [0.3, 0.4) is 0 Å². The SMILES string of the molecule is COc1c(C(F)F)ncc(O)c1CO. The summed E-state index contributed by atoms with van der Waals surface area (Å²) in [5.74, 6) is -0.642. The van der Waals surface area contributed by atoms with Crippen molar-refractivity contribution >= 4 is 0 Å². The summed E-state index contributed by atoms with van der Waals surface area (Å²) in [6.45, 7) is -0.586. The minimum atomic E-state index is -2.81. The minimum Gasteiger partial charge on any atom is -0.506 e. The fourth-order valence-corrected chi connectivity index (χ4v) is 1.07. The Morgan fingerprint density at radius 2 is 2.21 bits per heavy atom. The number of halogens is 2. The Kier molecular flexibility index (Phi) is 3.19. The molecule has 6 heteroatoms. The third-order valence-electron chi connectivity index (χ3n) is 1.71. The first kappa shape index (κ1) is 10.6. The Balaban J connectivity index is 3.33. The van der Waals surface area contributed by atoms with E-state index < -0.39 is 18.7 Å². The standard InChI is InChI=1S/C8H9F2NO3/c1-14-7-4(3-12)5(13)2-11-6(7)8(9)10/h2,8,12-13H,3H2,1H3. The third kappa shape index (κ3) is 1.74. The maximum atomic E-state index is 12.4. The van der Waals surface area contributed by atoms with Crippen molar-refractivity contribution in [1.29, 1.82) is 0 Å². The molecule has 0 amide bonds. The summed E-state index contributed by atoms with van der Waals surface area (Å²) >= 11 is 0. The predicted molar refractivity (Wildman–Crippen MR) is 43.3 cm³/mol. The molecular formula is C8H9F2NO3. The third-order valence-corrected chi connectivity index (χ3v) is 1.71. The van der Waals surface area contributed by atoms with Gasteiger partial charge in [0, 0.05) is 0 Å². The van der Waals surface area contributed by atoms with E-state index in [1.165, 1.54) is 7.11 Å². The second-order valence-corrected chi connectivity index (χ2v) is 2.50. The summed E-state index contributed by atoms with van der Waals surface area (Å²) in [5.41, 5.74) is -0.674. The van der Waals surface area contributed by atoms with E-state index in [2.05, 4.69) is 9.72 Å². The topological polar surface area (TPSA) is 62.6 Å². The lowest BCUT2D eigenvalue weighted by molar-refractivity contribution is 0.140. The van der Waals surface area contributed by atoms with Crippen molar-refractivity contribution in [3.05, 3.63) is 17.5 Å². The highest BCUT2D eigenvalue weighted by atomic mass is 19.3. The van der Waals surface area contributed by atoms with E-state index >= 15 is 0 Å². The number of alkyl halides is 2. The highest BCUT2D eigenvalue weighted by Gasteiger charge is 2.21. The van der Waals surface area contributed by atoms with Gasteiger partial charge in [0.1, 0.15) is 11.4 Å². The summed E-state index contributed by atoms with van der Waals surface area (Å²) in [4.78, 5) is 3.32. The number of pyridine rings is 1. The van der Waals surface area contributed by atoms with Crippen molar-refractivity contribution < 1.29 is 23.7 Å². The molecule has 0 spiro atoms. The van der Waals surface area contributed by atoms with Gasteiger partial charge in [-0.15, -0.1) is 0 Å². The summed E-state index contributed by atoms with van der Waals surface area (Å²) in [7, 11) is 1.17. The average molecular weight is 205 g/mol. The summed E-state index contributed by atoms with van der Waals surface area (Å²) in [5, 5.41) is 18.0. The molecule has 0 aliphatic heterocycles. The van der Waals surface area contributed by atoms with Crippen LogP contribution in [0.25, 0.3) is 0 Å². The van der Waals surface area contributed by atoms with Crippen LogP contribution in [-0.4, -0.2) is 22.3 Å². The van der Waals surface area contributed by atoms with E-state index in [1.807, 2.05) is 0 Å². The molecule has 78 valence electrons. The van der Waals surface area contributed by atoms with Crippen LogP contribution in [0.2, 0.25) is 0 Å². The first-order valence-electron chi connectivity index (χ1n) is 3.75. The first-order chi connectivity index (χ1) is 6.61. The van der Waals surface area contributed by atoms with Gasteiger partial charge in [-0.05, 0) is 0 Å². The quantitative estimate of drug-likeness (QED) is 0.778. The van der Waals surface area contributed by atoms with Gasteiger partial charge < -0.3 is 14.9 Å². The van der Waals surface area contributed by atoms with Gasteiger partial charge in [-0.2, -0.15) is 0 Å². The molecule has 1 heterocycles. The van der Waals surface area contributed by atoms with Crippen molar-refractivity contribution in [2.75, 3.05) is 7.11 Å². The lowest BCUT2D eigenvalue weighted by Crippen LogP contribution is -2.01. The van der Waals surface area contributed by atoms with Crippen molar-refractivity contribution in [2.45, 2.75) is 13.0 Å². The molecular weight excluding hydrogens is 196 g/mol.